The molecule has 0 bridgehead atoms. The lowest BCUT2D eigenvalue weighted by Crippen LogP contribution is -2.35. The molecule has 0 aliphatic carbocycles. The third kappa shape index (κ3) is 3.91. The van der Waals surface area contributed by atoms with Gasteiger partial charge >= 0.3 is 5.63 Å². The molecule has 1 atom stereocenters. The topological polar surface area (TPSA) is 87.0 Å². The molecular formula is C22H23NO6. The second-order valence-corrected chi connectivity index (χ2v) is 7.09. The van der Waals surface area contributed by atoms with Crippen molar-refractivity contribution in [2.24, 2.45) is 0 Å². The van der Waals surface area contributed by atoms with E-state index in [9.17, 15) is 9.59 Å². The van der Waals surface area contributed by atoms with E-state index in [4.69, 9.17) is 18.6 Å². The van der Waals surface area contributed by atoms with Crippen molar-refractivity contribution in [1.29, 1.82) is 0 Å². The van der Waals surface area contributed by atoms with Gasteiger partial charge in [-0.05, 0) is 50.1 Å². The molecule has 2 heterocycles. The van der Waals surface area contributed by atoms with Crippen molar-refractivity contribution in [2.75, 3.05) is 26.9 Å². The summed E-state index contributed by atoms with van der Waals surface area (Å²) in [6.45, 7) is 2.93. The number of ether oxygens (including phenoxy) is 3. The second kappa shape index (κ2) is 8.13. The molecule has 152 valence electrons. The zero-order chi connectivity index (χ0) is 20.4. The zero-order valence-electron chi connectivity index (χ0n) is 16.4. The minimum absolute atomic E-state index is 0.0857. The number of hydrogen-bond acceptors (Lipinski definition) is 6. The normalized spacial score (nSPS) is 16.3. The lowest BCUT2D eigenvalue weighted by atomic mass is 10.0. The molecule has 1 amide bonds. The van der Waals surface area contributed by atoms with E-state index >= 15 is 0 Å². The Morgan fingerprint density at radius 2 is 2.03 bits per heavy atom. The Morgan fingerprint density at radius 1 is 1.21 bits per heavy atom. The van der Waals surface area contributed by atoms with Crippen LogP contribution in [0.1, 0.15) is 18.4 Å². The maximum atomic E-state index is 12.5. The maximum absolute atomic E-state index is 12.5. The smallest absolute Gasteiger partial charge is 0.344 e. The first-order valence-corrected chi connectivity index (χ1v) is 9.62. The van der Waals surface area contributed by atoms with Crippen LogP contribution in [-0.2, 0) is 9.53 Å². The molecule has 0 saturated carbocycles. The van der Waals surface area contributed by atoms with Crippen LogP contribution < -0.4 is 20.4 Å². The van der Waals surface area contributed by atoms with Crippen LogP contribution in [0.3, 0.4) is 0 Å². The molecule has 1 aliphatic heterocycles. The van der Waals surface area contributed by atoms with Crippen LogP contribution in [0.25, 0.3) is 21.7 Å². The Morgan fingerprint density at radius 3 is 2.79 bits per heavy atom. The first kappa shape index (κ1) is 19.3. The van der Waals surface area contributed by atoms with Gasteiger partial charge in [0.05, 0.1) is 18.6 Å². The zero-order valence-corrected chi connectivity index (χ0v) is 16.4. The number of amides is 1. The summed E-state index contributed by atoms with van der Waals surface area (Å²) in [5.41, 5.74) is 0.676. The molecule has 1 aliphatic rings. The van der Waals surface area contributed by atoms with Gasteiger partial charge in [-0.15, -0.1) is 0 Å². The fourth-order valence-corrected chi connectivity index (χ4v) is 3.60. The molecule has 1 N–H and O–H groups in total. The van der Waals surface area contributed by atoms with Crippen molar-refractivity contribution in [3.05, 3.63) is 46.3 Å². The molecular weight excluding hydrogens is 374 g/mol. The molecule has 1 saturated heterocycles. The van der Waals surface area contributed by atoms with Gasteiger partial charge < -0.3 is 23.9 Å². The van der Waals surface area contributed by atoms with E-state index in [1.54, 1.807) is 32.2 Å². The number of carbonyl (C=O) groups excluding carboxylic acids is 1. The summed E-state index contributed by atoms with van der Waals surface area (Å²) in [7, 11) is 1.55. The summed E-state index contributed by atoms with van der Waals surface area (Å²) in [6.07, 6.45) is 2.08. The number of hydrogen-bond donors (Lipinski definition) is 1. The Kier molecular flexibility index (Phi) is 5.40. The van der Waals surface area contributed by atoms with Gasteiger partial charge in [-0.3, -0.25) is 4.79 Å². The van der Waals surface area contributed by atoms with E-state index in [0.717, 1.165) is 30.2 Å². The number of fused-ring (bicyclic) bond motifs is 3. The standard InChI is InChI=1S/C22H23NO6/c1-13-19(28-12-20(24)23-11-15-4-3-9-27-15)8-7-17-16-6-5-14(26-2)10-18(16)22(25)29-21(13)17/h5-8,10,15H,3-4,9,11-12H2,1-2H3,(H,23,24)/t15-/m1/s1. The van der Waals surface area contributed by atoms with Crippen LogP contribution >= 0.6 is 0 Å². The third-order valence-corrected chi connectivity index (χ3v) is 5.20. The van der Waals surface area contributed by atoms with Crippen LogP contribution in [0.4, 0.5) is 0 Å². The average molecular weight is 397 g/mol. The lowest BCUT2D eigenvalue weighted by molar-refractivity contribution is -0.123. The molecule has 1 aromatic heterocycles. The monoisotopic (exact) mass is 397 g/mol. The number of benzene rings is 2. The lowest BCUT2D eigenvalue weighted by Gasteiger charge is -2.13. The predicted molar refractivity (Wildman–Crippen MR) is 109 cm³/mol. The highest BCUT2D eigenvalue weighted by Gasteiger charge is 2.17. The van der Waals surface area contributed by atoms with Crippen molar-refractivity contribution >= 4 is 27.6 Å². The molecule has 29 heavy (non-hydrogen) atoms. The van der Waals surface area contributed by atoms with Crippen LogP contribution in [0.5, 0.6) is 11.5 Å². The summed E-state index contributed by atoms with van der Waals surface area (Å²) in [5.74, 6) is 0.877. The Labute approximate surface area is 167 Å². The van der Waals surface area contributed by atoms with Crippen molar-refractivity contribution in [3.63, 3.8) is 0 Å². The fourth-order valence-electron chi connectivity index (χ4n) is 3.60. The van der Waals surface area contributed by atoms with Crippen molar-refractivity contribution in [1.82, 2.24) is 5.32 Å². The van der Waals surface area contributed by atoms with Gasteiger partial charge in [-0.25, -0.2) is 4.79 Å². The summed E-state index contributed by atoms with van der Waals surface area (Å²) in [5, 5.41) is 4.86. The quantitative estimate of drug-likeness (QED) is 0.508. The predicted octanol–water partition coefficient (Wildman–Crippen LogP) is 2.94. The van der Waals surface area contributed by atoms with E-state index < -0.39 is 5.63 Å². The van der Waals surface area contributed by atoms with Gasteiger partial charge in [-0.1, -0.05) is 0 Å². The van der Waals surface area contributed by atoms with Crippen LogP contribution in [-0.4, -0.2) is 38.9 Å². The van der Waals surface area contributed by atoms with E-state index in [2.05, 4.69) is 5.32 Å². The summed E-state index contributed by atoms with van der Waals surface area (Å²) in [4.78, 5) is 24.5. The SMILES string of the molecule is COc1ccc2c(c1)c(=O)oc1c(C)c(OCC(=O)NC[C@H]3CCCO3)ccc12. The number of carbonyl (C=O) groups is 1. The van der Waals surface area contributed by atoms with Gasteiger partial charge in [0.25, 0.3) is 5.91 Å². The van der Waals surface area contributed by atoms with E-state index in [1.807, 2.05) is 12.1 Å². The largest absolute Gasteiger partial charge is 0.497 e. The minimum atomic E-state index is -0.444. The van der Waals surface area contributed by atoms with Gasteiger partial charge in [0, 0.05) is 29.5 Å². The van der Waals surface area contributed by atoms with Crippen LogP contribution in [0, 0.1) is 6.92 Å². The summed E-state index contributed by atoms with van der Waals surface area (Å²) >= 11 is 0. The van der Waals surface area contributed by atoms with E-state index in [1.165, 1.54) is 0 Å². The molecule has 0 unspecified atom stereocenters. The van der Waals surface area contributed by atoms with Gasteiger partial charge in [-0.2, -0.15) is 0 Å². The minimum Gasteiger partial charge on any atom is -0.497 e. The van der Waals surface area contributed by atoms with Crippen molar-refractivity contribution < 1.29 is 23.4 Å². The second-order valence-electron chi connectivity index (χ2n) is 7.09. The molecule has 0 radical (unpaired) electrons. The highest BCUT2D eigenvalue weighted by Crippen LogP contribution is 2.32. The number of nitrogens with one attached hydrogen (secondary N) is 1. The summed E-state index contributed by atoms with van der Waals surface area (Å²) in [6, 6.07) is 8.93. The molecule has 1 fully saturated rings. The third-order valence-electron chi connectivity index (χ3n) is 5.20. The average Bonchev–Trinajstić information content (AvgIpc) is 3.26. The fraction of sp³-hybridized carbons (Fsp3) is 0.364. The van der Waals surface area contributed by atoms with E-state index in [0.29, 0.717) is 34.6 Å². The molecule has 7 nitrogen and oxygen atoms in total. The number of methoxy groups -OCH3 is 1. The summed E-state index contributed by atoms with van der Waals surface area (Å²) < 4.78 is 21.9. The molecule has 0 spiro atoms. The first-order valence-electron chi connectivity index (χ1n) is 9.62. The Hall–Kier alpha value is -3.06. The number of aryl methyl sites for hydroxylation is 1. The Balaban J connectivity index is 1.55. The number of rotatable bonds is 6. The first-order chi connectivity index (χ1) is 14.1. The highest BCUT2D eigenvalue weighted by atomic mass is 16.5. The molecule has 2 aromatic carbocycles. The van der Waals surface area contributed by atoms with Gasteiger partial charge in [0.2, 0.25) is 0 Å². The van der Waals surface area contributed by atoms with Crippen molar-refractivity contribution in [2.45, 2.75) is 25.9 Å². The molecule has 4 rings (SSSR count). The van der Waals surface area contributed by atoms with Crippen LogP contribution in [0.2, 0.25) is 0 Å². The van der Waals surface area contributed by atoms with Gasteiger partial charge in [0.1, 0.15) is 17.1 Å². The molecule has 3 aromatic rings. The van der Waals surface area contributed by atoms with Gasteiger partial charge in [0.15, 0.2) is 6.61 Å². The molecule has 7 heteroatoms. The maximum Gasteiger partial charge on any atom is 0.344 e. The van der Waals surface area contributed by atoms with E-state index in [-0.39, 0.29) is 18.6 Å². The van der Waals surface area contributed by atoms with Crippen molar-refractivity contribution in [3.8, 4) is 11.5 Å². The Bertz CT molecular complexity index is 1110. The highest BCUT2D eigenvalue weighted by molar-refractivity contribution is 6.06. The van der Waals surface area contributed by atoms with Crippen LogP contribution in [0.15, 0.2) is 39.5 Å².